The minimum Gasteiger partial charge on any atom is -0.508 e. The Labute approximate surface area is 133 Å². The second kappa shape index (κ2) is 6.43. The van der Waals surface area contributed by atoms with Crippen molar-refractivity contribution >= 4 is 0 Å². The zero-order valence-corrected chi connectivity index (χ0v) is 14.4. The number of aromatic hydroxyl groups is 1. The van der Waals surface area contributed by atoms with Gasteiger partial charge >= 0.3 is 0 Å². The number of phenolic OH excluding ortho intramolecular Hbond substituents is 1. The molecule has 2 nitrogen and oxygen atoms in total. The molecule has 118 valence electrons. The minimum atomic E-state index is 0.255. The maximum absolute atomic E-state index is 10.1. The molecule has 0 heterocycles. The molecule has 2 aromatic carbocycles. The van der Waals surface area contributed by atoms with Crippen LogP contribution in [0, 0.1) is 13.8 Å². The first-order valence-electron chi connectivity index (χ1n) is 7.91. The second-order valence-electron chi connectivity index (χ2n) is 6.63. The first-order valence-corrected chi connectivity index (χ1v) is 7.91. The van der Waals surface area contributed by atoms with Crippen LogP contribution in [-0.2, 0) is 0 Å². The van der Waals surface area contributed by atoms with Gasteiger partial charge < -0.3 is 9.84 Å². The van der Waals surface area contributed by atoms with Crippen LogP contribution in [0.1, 0.15) is 61.8 Å². The zero-order valence-electron chi connectivity index (χ0n) is 14.4. The van der Waals surface area contributed by atoms with Crippen LogP contribution in [0.4, 0.5) is 0 Å². The van der Waals surface area contributed by atoms with Crippen molar-refractivity contribution in [3.63, 3.8) is 0 Å². The maximum atomic E-state index is 10.1. The van der Waals surface area contributed by atoms with Gasteiger partial charge in [-0.05, 0) is 60.6 Å². The SMILES string of the molecule is Cc1ccc(C(C)C)c(Oc2cc(C(C)C)c(O)cc2C)c1. The summed E-state index contributed by atoms with van der Waals surface area (Å²) in [6.07, 6.45) is 0. The van der Waals surface area contributed by atoms with Gasteiger partial charge in [-0.3, -0.25) is 0 Å². The highest BCUT2D eigenvalue weighted by molar-refractivity contribution is 5.49. The molecule has 2 aromatic rings. The fourth-order valence-electron chi connectivity index (χ4n) is 2.59. The van der Waals surface area contributed by atoms with Gasteiger partial charge in [-0.2, -0.15) is 0 Å². The van der Waals surface area contributed by atoms with Gasteiger partial charge in [0.1, 0.15) is 17.2 Å². The Morgan fingerprint density at radius 1 is 0.818 bits per heavy atom. The molecule has 0 bridgehead atoms. The quantitative estimate of drug-likeness (QED) is 0.744. The van der Waals surface area contributed by atoms with Crippen molar-refractivity contribution in [1.29, 1.82) is 0 Å². The Kier molecular flexibility index (Phi) is 4.80. The predicted molar refractivity (Wildman–Crippen MR) is 92.3 cm³/mol. The molecular formula is C20H26O2. The van der Waals surface area contributed by atoms with Crippen LogP contribution in [0.3, 0.4) is 0 Å². The fourth-order valence-corrected chi connectivity index (χ4v) is 2.59. The van der Waals surface area contributed by atoms with Gasteiger partial charge in [0.05, 0.1) is 0 Å². The maximum Gasteiger partial charge on any atom is 0.131 e. The van der Waals surface area contributed by atoms with Crippen molar-refractivity contribution in [1.82, 2.24) is 0 Å². The lowest BCUT2D eigenvalue weighted by Gasteiger charge is -2.18. The van der Waals surface area contributed by atoms with E-state index in [2.05, 4.69) is 52.8 Å². The topological polar surface area (TPSA) is 29.5 Å². The molecule has 0 aliphatic rings. The Hall–Kier alpha value is -1.96. The zero-order chi connectivity index (χ0) is 16.4. The van der Waals surface area contributed by atoms with E-state index in [0.29, 0.717) is 11.7 Å². The predicted octanol–water partition coefficient (Wildman–Crippen LogP) is 6.05. The summed E-state index contributed by atoms with van der Waals surface area (Å²) < 4.78 is 6.22. The average molecular weight is 298 g/mol. The molecule has 0 aliphatic heterocycles. The summed E-state index contributed by atoms with van der Waals surface area (Å²) >= 11 is 0. The molecule has 0 aliphatic carbocycles. The van der Waals surface area contributed by atoms with Crippen LogP contribution in [0.5, 0.6) is 17.2 Å². The molecule has 0 unspecified atom stereocenters. The Morgan fingerprint density at radius 2 is 1.45 bits per heavy atom. The van der Waals surface area contributed by atoms with Crippen LogP contribution < -0.4 is 4.74 Å². The lowest BCUT2D eigenvalue weighted by atomic mass is 9.99. The summed E-state index contributed by atoms with van der Waals surface area (Å²) in [6.45, 7) is 12.5. The van der Waals surface area contributed by atoms with E-state index in [9.17, 15) is 5.11 Å². The van der Waals surface area contributed by atoms with Crippen LogP contribution in [0.15, 0.2) is 30.3 Å². The average Bonchev–Trinajstić information content (AvgIpc) is 2.41. The molecule has 2 heteroatoms. The highest BCUT2D eigenvalue weighted by Crippen LogP contribution is 2.37. The van der Waals surface area contributed by atoms with E-state index < -0.39 is 0 Å². The first-order chi connectivity index (χ1) is 10.3. The van der Waals surface area contributed by atoms with Crippen LogP contribution in [0.2, 0.25) is 0 Å². The summed E-state index contributed by atoms with van der Waals surface area (Å²) in [5.74, 6) is 2.71. The van der Waals surface area contributed by atoms with Gasteiger partial charge in [-0.25, -0.2) is 0 Å². The largest absolute Gasteiger partial charge is 0.508 e. The molecule has 0 amide bonds. The summed E-state index contributed by atoms with van der Waals surface area (Å²) in [4.78, 5) is 0. The van der Waals surface area contributed by atoms with E-state index in [1.807, 2.05) is 13.0 Å². The first kappa shape index (κ1) is 16.4. The molecule has 0 aromatic heterocycles. The third-order valence-corrected chi connectivity index (χ3v) is 3.96. The number of benzene rings is 2. The number of aryl methyl sites for hydroxylation is 2. The minimum absolute atomic E-state index is 0.255. The Morgan fingerprint density at radius 3 is 2.05 bits per heavy atom. The number of phenols is 1. The van der Waals surface area contributed by atoms with Crippen LogP contribution >= 0.6 is 0 Å². The normalized spacial score (nSPS) is 11.3. The highest BCUT2D eigenvalue weighted by Gasteiger charge is 2.14. The number of ether oxygens (including phenoxy) is 1. The van der Waals surface area contributed by atoms with E-state index >= 15 is 0 Å². The highest BCUT2D eigenvalue weighted by atomic mass is 16.5. The summed E-state index contributed by atoms with van der Waals surface area (Å²) in [5.41, 5.74) is 4.24. The molecule has 0 saturated carbocycles. The molecule has 0 fully saturated rings. The van der Waals surface area contributed by atoms with Crippen LogP contribution in [0.25, 0.3) is 0 Å². The number of rotatable bonds is 4. The molecule has 0 radical (unpaired) electrons. The molecule has 22 heavy (non-hydrogen) atoms. The van der Waals surface area contributed by atoms with Crippen molar-refractivity contribution in [3.8, 4) is 17.2 Å². The molecule has 0 saturated heterocycles. The molecule has 2 rings (SSSR count). The third-order valence-electron chi connectivity index (χ3n) is 3.96. The van der Waals surface area contributed by atoms with Crippen molar-refractivity contribution in [2.45, 2.75) is 53.4 Å². The Balaban J connectivity index is 2.47. The van der Waals surface area contributed by atoms with Gasteiger partial charge in [0.25, 0.3) is 0 Å². The van der Waals surface area contributed by atoms with E-state index in [0.717, 1.165) is 22.6 Å². The summed E-state index contributed by atoms with van der Waals surface area (Å²) in [5, 5.41) is 10.1. The lowest BCUT2D eigenvalue weighted by molar-refractivity contribution is 0.449. The molecular weight excluding hydrogens is 272 g/mol. The van der Waals surface area contributed by atoms with Gasteiger partial charge in [0.2, 0.25) is 0 Å². The van der Waals surface area contributed by atoms with E-state index in [-0.39, 0.29) is 5.92 Å². The molecule has 0 spiro atoms. The van der Waals surface area contributed by atoms with Crippen molar-refractivity contribution in [2.24, 2.45) is 0 Å². The van der Waals surface area contributed by atoms with E-state index in [1.54, 1.807) is 6.07 Å². The second-order valence-corrected chi connectivity index (χ2v) is 6.63. The smallest absolute Gasteiger partial charge is 0.131 e. The lowest BCUT2D eigenvalue weighted by Crippen LogP contribution is -1.98. The van der Waals surface area contributed by atoms with Gasteiger partial charge in [-0.1, -0.05) is 39.8 Å². The fraction of sp³-hybridized carbons (Fsp3) is 0.400. The van der Waals surface area contributed by atoms with Crippen molar-refractivity contribution in [2.75, 3.05) is 0 Å². The standard InChI is InChI=1S/C20H26O2/c1-12(2)16-8-7-14(5)9-20(16)22-19-11-17(13(3)4)18(21)10-15(19)6/h7-13,21H,1-6H3. The van der Waals surface area contributed by atoms with Gasteiger partial charge in [-0.15, -0.1) is 0 Å². The third kappa shape index (κ3) is 3.44. The van der Waals surface area contributed by atoms with Crippen LogP contribution in [-0.4, -0.2) is 5.11 Å². The molecule has 0 atom stereocenters. The van der Waals surface area contributed by atoms with E-state index in [4.69, 9.17) is 4.74 Å². The monoisotopic (exact) mass is 298 g/mol. The number of hydrogen-bond donors (Lipinski definition) is 1. The van der Waals surface area contributed by atoms with Gasteiger partial charge in [0.15, 0.2) is 0 Å². The van der Waals surface area contributed by atoms with Crippen molar-refractivity contribution < 1.29 is 9.84 Å². The molecule has 1 N–H and O–H groups in total. The summed E-state index contributed by atoms with van der Waals surface area (Å²) in [6, 6.07) is 10.1. The van der Waals surface area contributed by atoms with E-state index in [1.165, 1.54) is 11.1 Å². The van der Waals surface area contributed by atoms with Gasteiger partial charge in [0, 0.05) is 5.56 Å². The number of hydrogen-bond acceptors (Lipinski definition) is 2. The van der Waals surface area contributed by atoms with Crippen molar-refractivity contribution in [3.05, 3.63) is 52.6 Å². The Bertz CT molecular complexity index is 670. The summed E-state index contributed by atoms with van der Waals surface area (Å²) in [7, 11) is 0.